The van der Waals surface area contributed by atoms with Crippen LogP contribution in [0.3, 0.4) is 0 Å². The van der Waals surface area contributed by atoms with Crippen molar-refractivity contribution in [2.24, 2.45) is 0 Å². The number of alkyl halides is 1. The molecule has 126 valence electrons. The second kappa shape index (κ2) is 6.95. The zero-order valence-electron chi connectivity index (χ0n) is 14.0. The van der Waals surface area contributed by atoms with E-state index in [4.69, 9.17) is 4.74 Å². The lowest BCUT2D eigenvalue weighted by molar-refractivity contribution is 0.176. The van der Waals surface area contributed by atoms with Gasteiger partial charge in [0, 0.05) is 22.3 Å². The smallest absolute Gasteiger partial charge is 0.180 e. The monoisotopic (exact) mass is 388 g/mol. The van der Waals surface area contributed by atoms with E-state index < -0.39 is 6.10 Å². The fourth-order valence-corrected chi connectivity index (χ4v) is 3.57. The fourth-order valence-electron chi connectivity index (χ4n) is 2.92. The number of halogens is 1. The molecule has 0 spiro atoms. The van der Waals surface area contributed by atoms with Gasteiger partial charge < -0.3 is 14.2 Å². The van der Waals surface area contributed by atoms with E-state index in [-0.39, 0.29) is 4.83 Å². The summed E-state index contributed by atoms with van der Waals surface area (Å²) in [5.74, 6) is 0.762. The van der Waals surface area contributed by atoms with Gasteiger partial charge in [0.2, 0.25) is 0 Å². The molecule has 24 heavy (non-hydrogen) atoms. The van der Waals surface area contributed by atoms with Gasteiger partial charge in [-0.15, -0.1) is 0 Å². The molecule has 0 aliphatic rings. The van der Waals surface area contributed by atoms with Gasteiger partial charge in [0.05, 0.1) is 18.9 Å². The van der Waals surface area contributed by atoms with E-state index in [9.17, 15) is 5.11 Å². The molecule has 5 heteroatoms. The molecular formula is C19H21BrN2O2. The van der Waals surface area contributed by atoms with E-state index in [1.54, 1.807) is 7.11 Å². The highest BCUT2D eigenvalue weighted by Crippen LogP contribution is 2.31. The number of hydrogen-bond donors (Lipinski definition) is 1. The van der Waals surface area contributed by atoms with Gasteiger partial charge in [-0.3, -0.25) is 0 Å². The van der Waals surface area contributed by atoms with E-state index in [1.165, 1.54) is 0 Å². The number of aliphatic hydroxyl groups is 1. The zero-order chi connectivity index (χ0) is 17.3. The highest BCUT2D eigenvalue weighted by atomic mass is 79.9. The Balaban J connectivity index is 1.92. The Hall–Kier alpha value is -1.85. The number of benzene rings is 1. The predicted octanol–water partition coefficient (Wildman–Crippen LogP) is 4.00. The van der Waals surface area contributed by atoms with Crippen molar-refractivity contribution in [3.05, 3.63) is 65.1 Å². The fraction of sp³-hybridized carbons (Fsp3) is 0.316. The van der Waals surface area contributed by atoms with Crippen LogP contribution in [0.15, 0.2) is 42.6 Å². The molecule has 4 nitrogen and oxygen atoms in total. The van der Waals surface area contributed by atoms with Gasteiger partial charge in [0.25, 0.3) is 0 Å². The maximum atomic E-state index is 10.6. The third-order valence-corrected chi connectivity index (χ3v) is 5.23. The van der Waals surface area contributed by atoms with E-state index in [2.05, 4.69) is 20.9 Å². The first kappa shape index (κ1) is 17.0. The maximum Gasteiger partial charge on any atom is 0.180 e. The molecule has 0 bridgehead atoms. The number of methoxy groups -OCH3 is 1. The molecule has 3 aromatic rings. The highest BCUT2D eigenvalue weighted by molar-refractivity contribution is 9.09. The first-order chi connectivity index (χ1) is 11.5. The second-order valence-electron chi connectivity index (χ2n) is 5.93. The van der Waals surface area contributed by atoms with Gasteiger partial charge in [-0.05, 0) is 31.9 Å². The number of imidazole rings is 1. The summed E-state index contributed by atoms with van der Waals surface area (Å²) in [6.45, 7) is 4.04. The van der Waals surface area contributed by atoms with Crippen LogP contribution in [0, 0.1) is 13.8 Å². The minimum Gasteiger partial charge on any atom is -0.493 e. The topological polar surface area (TPSA) is 46.8 Å². The Morgan fingerprint density at radius 3 is 2.58 bits per heavy atom. The Kier molecular flexibility index (Phi) is 4.92. The van der Waals surface area contributed by atoms with Gasteiger partial charge in [-0.2, -0.15) is 0 Å². The van der Waals surface area contributed by atoms with Crippen molar-refractivity contribution in [3.8, 4) is 5.75 Å². The molecule has 0 aliphatic carbocycles. The summed E-state index contributed by atoms with van der Waals surface area (Å²) < 4.78 is 7.66. The van der Waals surface area contributed by atoms with Gasteiger partial charge in [-0.25, -0.2) is 4.98 Å². The molecule has 1 aromatic carbocycles. The van der Waals surface area contributed by atoms with Crippen molar-refractivity contribution in [2.45, 2.75) is 31.2 Å². The van der Waals surface area contributed by atoms with Crippen LogP contribution in [0.1, 0.15) is 28.6 Å². The van der Waals surface area contributed by atoms with Gasteiger partial charge in [-0.1, -0.05) is 46.3 Å². The first-order valence-electron chi connectivity index (χ1n) is 7.91. The minimum absolute atomic E-state index is 0.117. The summed E-state index contributed by atoms with van der Waals surface area (Å²) in [6.07, 6.45) is 2.06. The lowest BCUT2D eigenvalue weighted by atomic mass is 10.0. The summed E-state index contributed by atoms with van der Waals surface area (Å²) >= 11 is 3.63. The van der Waals surface area contributed by atoms with Gasteiger partial charge in [0.15, 0.2) is 11.4 Å². The van der Waals surface area contributed by atoms with Crippen molar-refractivity contribution < 1.29 is 9.84 Å². The molecule has 2 heterocycles. The summed E-state index contributed by atoms with van der Waals surface area (Å²) in [6, 6.07) is 11.7. The van der Waals surface area contributed by atoms with Crippen molar-refractivity contribution in [1.82, 2.24) is 9.38 Å². The van der Waals surface area contributed by atoms with Crippen LogP contribution in [0.5, 0.6) is 5.75 Å². The quantitative estimate of drug-likeness (QED) is 0.671. The zero-order valence-corrected chi connectivity index (χ0v) is 15.6. The van der Waals surface area contributed by atoms with Gasteiger partial charge in [0.1, 0.15) is 0 Å². The third-order valence-electron chi connectivity index (χ3n) is 4.41. The minimum atomic E-state index is -0.588. The second-order valence-corrected chi connectivity index (χ2v) is 7.10. The molecule has 3 rings (SSSR count). The average Bonchev–Trinajstić information content (AvgIpc) is 2.89. The van der Waals surface area contributed by atoms with Crippen molar-refractivity contribution in [1.29, 1.82) is 0 Å². The number of aryl methyl sites for hydroxylation is 2. The molecule has 2 atom stereocenters. The molecular weight excluding hydrogens is 368 g/mol. The van der Waals surface area contributed by atoms with Crippen molar-refractivity contribution >= 4 is 21.6 Å². The lowest BCUT2D eigenvalue weighted by Gasteiger charge is -2.19. The number of hydrogen-bond acceptors (Lipinski definition) is 3. The van der Waals surface area contributed by atoms with Gasteiger partial charge >= 0.3 is 0 Å². The van der Waals surface area contributed by atoms with E-state index in [1.807, 2.05) is 60.8 Å². The molecule has 0 aliphatic heterocycles. The van der Waals surface area contributed by atoms with Crippen LogP contribution in [-0.4, -0.2) is 26.4 Å². The highest BCUT2D eigenvalue weighted by Gasteiger charge is 2.22. The van der Waals surface area contributed by atoms with Crippen LogP contribution in [0.4, 0.5) is 0 Å². The normalized spacial score (nSPS) is 13.9. The first-order valence-corrected chi connectivity index (χ1v) is 8.82. The summed E-state index contributed by atoms with van der Waals surface area (Å²) in [7, 11) is 1.66. The number of aliphatic hydroxyl groups excluding tert-OH is 1. The summed E-state index contributed by atoms with van der Waals surface area (Å²) in [4.78, 5) is 4.50. The Morgan fingerprint density at radius 1 is 1.21 bits per heavy atom. The maximum absolute atomic E-state index is 10.6. The van der Waals surface area contributed by atoms with E-state index in [0.29, 0.717) is 6.42 Å². The van der Waals surface area contributed by atoms with E-state index >= 15 is 0 Å². The molecule has 2 unspecified atom stereocenters. The van der Waals surface area contributed by atoms with Crippen LogP contribution in [0.25, 0.3) is 5.65 Å². The predicted molar refractivity (Wildman–Crippen MR) is 99.0 cm³/mol. The average molecular weight is 389 g/mol. The Bertz CT molecular complexity index is 845. The standard InChI is InChI=1S/C19H21BrN2O2/c1-12-13(2)22-10-9-15(18(24-3)19(22)21-12)11-16(20)17(23)14-7-5-4-6-8-14/h4-10,16-17,23H,11H2,1-3H3. The van der Waals surface area contributed by atoms with Crippen LogP contribution < -0.4 is 4.74 Å². The lowest BCUT2D eigenvalue weighted by Crippen LogP contribution is -2.15. The number of fused-ring (bicyclic) bond motifs is 1. The summed E-state index contributed by atoms with van der Waals surface area (Å²) in [5.41, 5.74) is 4.83. The molecule has 0 saturated carbocycles. The molecule has 1 N–H and O–H groups in total. The molecule has 0 amide bonds. The SMILES string of the molecule is COc1c(CC(Br)C(O)c2ccccc2)ccn2c(C)c(C)nc12. The number of ether oxygens (including phenoxy) is 1. The van der Waals surface area contributed by atoms with Crippen LogP contribution in [-0.2, 0) is 6.42 Å². The Morgan fingerprint density at radius 2 is 1.92 bits per heavy atom. The summed E-state index contributed by atoms with van der Waals surface area (Å²) in [5, 5.41) is 10.6. The van der Waals surface area contributed by atoms with Crippen molar-refractivity contribution in [2.75, 3.05) is 7.11 Å². The number of rotatable bonds is 5. The largest absolute Gasteiger partial charge is 0.493 e. The van der Waals surface area contributed by atoms with Crippen LogP contribution in [0.2, 0.25) is 0 Å². The third kappa shape index (κ3) is 3.06. The Labute approximate surface area is 150 Å². The number of aromatic nitrogens is 2. The van der Waals surface area contributed by atoms with Crippen LogP contribution >= 0.6 is 15.9 Å². The number of pyridine rings is 1. The molecule has 0 saturated heterocycles. The van der Waals surface area contributed by atoms with Crippen molar-refractivity contribution in [3.63, 3.8) is 0 Å². The molecule has 0 radical (unpaired) electrons. The molecule has 2 aromatic heterocycles. The van der Waals surface area contributed by atoms with E-state index in [0.717, 1.165) is 33.9 Å². The number of nitrogens with zero attached hydrogens (tertiary/aromatic N) is 2. The molecule has 0 fully saturated rings.